The van der Waals surface area contributed by atoms with Gasteiger partial charge in [-0.2, -0.15) is 0 Å². The zero-order chi connectivity index (χ0) is 34.1. The Morgan fingerprint density at radius 2 is 1.25 bits per heavy atom. The van der Waals surface area contributed by atoms with Crippen molar-refractivity contribution in [3.8, 4) is 0 Å². The SMILES string of the molecule is O=C(CCNC(=O)OCc1ccccc1)NC[C@H](C(=O)N[C@@H](Cc1ccccc1)C(=O)C(=O)NCc1ccccc1)c1ccc(Cl)cc1. The van der Waals surface area contributed by atoms with Crippen molar-refractivity contribution in [1.82, 2.24) is 21.3 Å². The average molecular weight is 669 g/mol. The summed E-state index contributed by atoms with van der Waals surface area (Å²) < 4.78 is 5.16. The molecule has 0 saturated carbocycles. The molecular formula is C37H37ClN4O6. The molecule has 248 valence electrons. The van der Waals surface area contributed by atoms with Crippen LogP contribution in [0.2, 0.25) is 5.02 Å². The molecule has 10 nitrogen and oxygen atoms in total. The van der Waals surface area contributed by atoms with Crippen LogP contribution in [0.25, 0.3) is 0 Å². The van der Waals surface area contributed by atoms with Gasteiger partial charge in [0.15, 0.2) is 0 Å². The number of carbonyl (C=O) groups excluding carboxylic acids is 5. The molecule has 0 radical (unpaired) electrons. The third kappa shape index (κ3) is 11.7. The van der Waals surface area contributed by atoms with Gasteiger partial charge in [0.25, 0.3) is 5.91 Å². The van der Waals surface area contributed by atoms with E-state index in [0.29, 0.717) is 10.6 Å². The predicted octanol–water partition coefficient (Wildman–Crippen LogP) is 4.47. The standard InChI is InChI=1S/C37H37ClN4O6/c38-30-18-16-29(17-19-30)31(24-40-33(43)20-21-39-37(47)48-25-28-14-8-3-9-15-28)35(45)42-32(22-26-10-4-1-5-11-26)34(44)36(46)41-23-27-12-6-2-7-13-27/h1-19,31-32H,20-25H2,(H,39,47)(H,40,43)(H,41,46)(H,42,45)/t31-,32-/m0/s1. The largest absolute Gasteiger partial charge is 0.445 e. The number of amides is 4. The van der Waals surface area contributed by atoms with Crippen LogP contribution in [0.4, 0.5) is 4.79 Å². The van der Waals surface area contributed by atoms with E-state index < -0.39 is 41.6 Å². The van der Waals surface area contributed by atoms with Crippen LogP contribution in [-0.2, 0) is 43.5 Å². The molecule has 4 rings (SSSR count). The van der Waals surface area contributed by atoms with E-state index in [9.17, 15) is 24.0 Å². The fourth-order valence-electron chi connectivity index (χ4n) is 4.77. The Bertz CT molecular complexity index is 1650. The topological polar surface area (TPSA) is 143 Å². The number of rotatable bonds is 16. The second-order valence-electron chi connectivity index (χ2n) is 10.9. The lowest BCUT2D eigenvalue weighted by Crippen LogP contribution is -2.50. The molecule has 0 aliphatic heterocycles. The van der Waals surface area contributed by atoms with E-state index in [1.165, 1.54) is 0 Å². The van der Waals surface area contributed by atoms with Crippen LogP contribution in [0.1, 0.15) is 34.6 Å². The van der Waals surface area contributed by atoms with E-state index in [1.807, 2.05) is 66.7 Å². The average Bonchev–Trinajstić information content (AvgIpc) is 3.11. The van der Waals surface area contributed by atoms with Crippen LogP contribution in [0.5, 0.6) is 0 Å². The highest BCUT2D eigenvalue weighted by Crippen LogP contribution is 2.19. The maximum absolute atomic E-state index is 13.8. The zero-order valence-electron chi connectivity index (χ0n) is 26.2. The monoisotopic (exact) mass is 668 g/mol. The molecule has 4 amide bonds. The molecule has 0 aromatic heterocycles. The van der Waals surface area contributed by atoms with Gasteiger partial charge in [-0.3, -0.25) is 19.2 Å². The van der Waals surface area contributed by atoms with Crippen molar-refractivity contribution in [1.29, 1.82) is 0 Å². The summed E-state index contributed by atoms with van der Waals surface area (Å²) >= 11 is 6.08. The van der Waals surface area contributed by atoms with Crippen molar-refractivity contribution in [2.24, 2.45) is 0 Å². The molecule has 4 aromatic carbocycles. The van der Waals surface area contributed by atoms with Crippen LogP contribution in [-0.4, -0.2) is 48.7 Å². The van der Waals surface area contributed by atoms with Crippen LogP contribution in [0.3, 0.4) is 0 Å². The van der Waals surface area contributed by atoms with Gasteiger partial charge in [-0.25, -0.2) is 4.79 Å². The van der Waals surface area contributed by atoms with Crippen molar-refractivity contribution in [2.45, 2.75) is 38.0 Å². The molecule has 4 N–H and O–H groups in total. The molecule has 0 heterocycles. The smallest absolute Gasteiger partial charge is 0.407 e. The number of nitrogens with one attached hydrogen (secondary N) is 4. The second-order valence-corrected chi connectivity index (χ2v) is 11.4. The highest BCUT2D eigenvalue weighted by molar-refractivity contribution is 6.38. The molecule has 0 unspecified atom stereocenters. The summed E-state index contributed by atoms with van der Waals surface area (Å²) in [6.07, 6.45) is -0.644. The summed E-state index contributed by atoms with van der Waals surface area (Å²) in [6, 6.07) is 32.8. The number of benzene rings is 4. The van der Waals surface area contributed by atoms with Crippen molar-refractivity contribution >= 4 is 41.2 Å². The van der Waals surface area contributed by atoms with E-state index >= 15 is 0 Å². The zero-order valence-corrected chi connectivity index (χ0v) is 27.0. The number of alkyl carbamates (subject to hydrolysis) is 1. The third-order valence-electron chi connectivity index (χ3n) is 7.36. The van der Waals surface area contributed by atoms with Gasteiger partial charge in [-0.1, -0.05) is 115 Å². The maximum atomic E-state index is 13.8. The molecule has 0 saturated heterocycles. The van der Waals surface area contributed by atoms with Crippen molar-refractivity contribution in [3.05, 3.63) is 143 Å². The summed E-state index contributed by atoms with van der Waals surface area (Å²) in [4.78, 5) is 64.9. The fraction of sp³-hybridized carbons (Fsp3) is 0.216. The van der Waals surface area contributed by atoms with Crippen molar-refractivity contribution in [3.63, 3.8) is 0 Å². The summed E-state index contributed by atoms with van der Waals surface area (Å²) in [5.74, 6) is -3.53. The highest BCUT2D eigenvalue weighted by atomic mass is 35.5. The minimum atomic E-state index is -1.17. The lowest BCUT2D eigenvalue weighted by molar-refractivity contribution is -0.140. The van der Waals surface area contributed by atoms with Crippen LogP contribution in [0, 0.1) is 0 Å². The summed E-state index contributed by atoms with van der Waals surface area (Å²) in [6.45, 7) is 0.149. The van der Waals surface area contributed by atoms with E-state index in [2.05, 4.69) is 21.3 Å². The predicted molar refractivity (Wildman–Crippen MR) is 182 cm³/mol. The number of ether oxygens (including phenoxy) is 1. The second kappa shape index (κ2) is 18.6. The van der Waals surface area contributed by atoms with E-state index in [0.717, 1.165) is 16.7 Å². The quantitative estimate of drug-likeness (QED) is 0.130. The van der Waals surface area contributed by atoms with Crippen molar-refractivity contribution in [2.75, 3.05) is 13.1 Å². The van der Waals surface area contributed by atoms with Crippen LogP contribution in [0.15, 0.2) is 115 Å². The Morgan fingerprint density at radius 1 is 0.667 bits per heavy atom. The van der Waals surface area contributed by atoms with Gasteiger partial charge in [0.2, 0.25) is 17.6 Å². The van der Waals surface area contributed by atoms with Crippen LogP contribution >= 0.6 is 11.6 Å². The molecule has 0 bridgehead atoms. The minimum absolute atomic E-state index is 0.0169. The molecule has 0 fully saturated rings. The normalized spacial score (nSPS) is 11.8. The van der Waals surface area contributed by atoms with E-state index in [1.54, 1.807) is 48.5 Å². The molecule has 48 heavy (non-hydrogen) atoms. The molecule has 0 spiro atoms. The molecule has 0 aliphatic carbocycles. The molecule has 4 aromatic rings. The highest BCUT2D eigenvalue weighted by Gasteiger charge is 2.30. The van der Waals surface area contributed by atoms with Gasteiger partial charge in [0.05, 0.1) is 5.92 Å². The van der Waals surface area contributed by atoms with Gasteiger partial charge in [0, 0.05) is 37.5 Å². The van der Waals surface area contributed by atoms with Gasteiger partial charge in [-0.15, -0.1) is 0 Å². The fourth-order valence-corrected chi connectivity index (χ4v) is 4.89. The molecular weight excluding hydrogens is 632 g/mol. The Balaban J connectivity index is 1.38. The van der Waals surface area contributed by atoms with Gasteiger partial charge < -0.3 is 26.0 Å². The Morgan fingerprint density at radius 3 is 1.88 bits per heavy atom. The summed E-state index contributed by atoms with van der Waals surface area (Å²) in [5, 5.41) is 11.1. The van der Waals surface area contributed by atoms with Gasteiger partial charge in [-0.05, 0) is 34.4 Å². The first-order valence-electron chi connectivity index (χ1n) is 15.5. The van der Waals surface area contributed by atoms with Gasteiger partial charge >= 0.3 is 6.09 Å². The first-order chi connectivity index (χ1) is 23.3. The number of ketones is 1. The molecule has 2 atom stereocenters. The first kappa shape index (κ1) is 35.4. The van der Waals surface area contributed by atoms with Crippen LogP contribution < -0.4 is 21.3 Å². The minimum Gasteiger partial charge on any atom is -0.445 e. The number of carbonyl (C=O) groups is 5. The molecule has 0 aliphatic rings. The number of hydrogen-bond acceptors (Lipinski definition) is 6. The number of hydrogen-bond donors (Lipinski definition) is 4. The first-order valence-corrected chi connectivity index (χ1v) is 15.8. The van der Waals surface area contributed by atoms with E-state index in [4.69, 9.17) is 16.3 Å². The lowest BCUT2D eigenvalue weighted by Gasteiger charge is -2.23. The summed E-state index contributed by atoms with van der Waals surface area (Å²) in [7, 11) is 0. The van der Waals surface area contributed by atoms with E-state index in [-0.39, 0.29) is 39.1 Å². The maximum Gasteiger partial charge on any atom is 0.407 e. The third-order valence-corrected chi connectivity index (χ3v) is 7.61. The Kier molecular flexibility index (Phi) is 13.7. The van der Waals surface area contributed by atoms with Gasteiger partial charge in [0.1, 0.15) is 12.6 Å². The van der Waals surface area contributed by atoms with Crippen molar-refractivity contribution < 1.29 is 28.7 Å². The number of Topliss-reactive ketones (excluding diaryl/α,β-unsaturated/α-hetero) is 1. The lowest BCUT2D eigenvalue weighted by atomic mass is 9.95. The molecule has 11 heteroatoms. The Hall–Kier alpha value is -5.48. The number of halogens is 1. The Labute approximate surface area is 284 Å². The summed E-state index contributed by atoms with van der Waals surface area (Å²) in [5.41, 5.74) is 2.94.